The molecule has 0 aliphatic heterocycles. The van der Waals surface area contributed by atoms with Gasteiger partial charge in [0.2, 0.25) is 9.84 Å². The van der Waals surface area contributed by atoms with Gasteiger partial charge in [0.25, 0.3) is 0 Å². The quantitative estimate of drug-likeness (QED) is 0.511. The third-order valence-corrected chi connectivity index (χ3v) is 5.28. The summed E-state index contributed by atoms with van der Waals surface area (Å²) in [4.78, 5) is 3.14. The smallest absolute Gasteiger partial charge is 0.220 e. The van der Waals surface area contributed by atoms with Crippen LogP contribution >= 0.6 is 37.4 Å². The Balaban J connectivity index is 2.59. The highest BCUT2D eigenvalue weighted by Crippen LogP contribution is 3.01. The lowest BCUT2D eigenvalue weighted by Crippen LogP contribution is -2.12. The molecule has 8 heteroatoms. The maximum absolute atomic E-state index is 14.1. The van der Waals surface area contributed by atoms with Crippen LogP contribution < -0.4 is 0 Å². The second kappa shape index (κ2) is 4.72. The van der Waals surface area contributed by atoms with Crippen molar-refractivity contribution in [2.24, 2.45) is 0 Å². The van der Waals surface area contributed by atoms with Crippen molar-refractivity contribution in [3.63, 3.8) is 0 Å². The van der Waals surface area contributed by atoms with Gasteiger partial charge in [-0.3, -0.25) is 0 Å². The maximum Gasteiger partial charge on any atom is 0.220 e. The van der Waals surface area contributed by atoms with E-state index in [2.05, 4.69) is 20.9 Å². The first kappa shape index (κ1) is 16.3. The van der Waals surface area contributed by atoms with Gasteiger partial charge in [-0.05, 0) is 33.6 Å². The monoisotopic (exact) mass is 401 g/mol. The van der Waals surface area contributed by atoms with Gasteiger partial charge in [0.05, 0.1) is 10.4 Å². The number of pyridine rings is 1. The molecule has 0 bridgehead atoms. The Hall–Kier alpha value is -1.05. The van der Waals surface area contributed by atoms with E-state index >= 15 is 0 Å². The first-order chi connectivity index (χ1) is 9.50. The number of halogens is 6. The predicted octanol–water partition coefficient (Wildman–Crippen LogP) is 6.85. The molecular formula is C13H9BrClF4NS. The van der Waals surface area contributed by atoms with E-state index in [1.165, 1.54) is 24.3 Å². The zero-order chi connectivity index (χ0) is 15.8. The van der Waals surface area contributed by atoms with E-state index in [1.54, 1.807) is 6.07 Å². The molecule has 0 saturated heterocycles. The number of nitrogens with zero attached hydrogens (tertiary/aromatic N) is 1. The van der Waals surface area contributed by atoms with Crippen LogP contribution in [0, 0.1) is 0 Å². The van der Waals surface area contributed by atoms with E-state index in [0.29, 0.717) is 10.5 Å². The summed E-state index contributed by atoms with van der Waals surface area (Å²) in [7, 11) is -8.70. The summed E-state index contributed by atoms with van der Waals surface area (Å²) < 4.78 is 56.9. The van der Waals surface area contributed by atoms with Gasteiger partial charge in [-0.2, -0.15) is 0 Å². The summed E-state index contributed by atoms with van der Waals surface area (Å²) in [6.45, 7) is 0. The van der Waals surface area contributed by atoms with Crippen molar-refractivity contribution in [3.05, 3.63) is 64.1 Å². The van der Waals surface area contributed by atoms with Gasteiger partial charge in [0.1, 0.15) is 0 Å². The lowest BCUT2D eigenvalue weighted by molar-refractivity contribution is 0.459. The molecular weight excluding hydrogens is 394 g/mol. The van der Waals surface area contributed by atoms with Crippen LogP contribution in [-0.2, 0) is 0 Å². The first-order valence-electron chi connectivity index (χ1n) is 5.57. The van der Waals surface area contributed by atoms with Crippen LogP contribution in [0.4, 0.5) is 15.5 Å². The summed E-state index contributed by atoms with van der Waals surface area (Å²) >= 11 is 8.60. The van der Waals surface area contributed by atoms with Gasteiger partial charge in [-0.1, -0.05) is 41.9 Å². The second-order valence-corrected chi connectivity index (χ2v) is 8.52. The number of hydrogen-bond donors (Lipinski definition) is 0. The fourth-order valence-electron chi connectivity index (χ4n) is 1.55. The highest BCUT2D eigenvalue weighted by Gasteiger charge is 2.64. The largest absolute Gasteiger partial charge is 0.242 e. The van der Waals surface area contributed by atoms with E-state index in [9.17, 15) is 15.5 Å². The molecule has 0 saturated carbocycles. The van der Waals surface area contributed by atoms with Gasteiger partial charge in [0, 0.05) is 10.7 Å². The molecule has 0 N–H and O–H groups in total. The Labute approximate surface area is 132 Å². The van der Waals surface area contributed by atoms with Crippen molar-refractivity contribution >= 4 is 42.4 Å². The Morgan fingerprint density at radius 3 is 2.19 bits per heavy atom. The molecule has 1 nitrogen and oxygen atoms in total. The normalized spacial score (nSPS) is 16.2. The van der Waals surface area contributed by atoms with Crippen LogP contribution in [0.2, 0.25) is 0 Å². The zero-order valence-corrected chi connectivity index (χ0v) is 13.5. The van der Waals surface area contributed by atoms with Crippen molar-refractivity contribution in [3.8, 4) is 0 Å². The molecule has 0 unspecified atom stereocenters. The van der Waals surface area contributed by atoms with Crippen molar-refractivity contribution in [2.75, 3.05) is 0 Å². The van der Waals surface area contributed by atoms with Gasteiger partial charge >= 0.3 is 0 Å². The van der Waals surface area contributed by atoms with Crippen molar-refractivity contribution < 1.29 is 15.5 Å². The minimum Gasteiger partial charge on any atom is -0.242 e. The van der Waals surface area contributed by atoms with Crippen LogP contribution in [0.15, 0.2) is 63.6 Å². The molecule has 21 heavy (non-hydrogen) atoms. The average Bonchev–Trinajstić information content (AvgIpc) is 2.38. The number of hydrogen-bond acceptors (Lipinski definition) is 1. The van der Waals surface area contributed by atoms with Gasteiger partial charge in [-0.25, -0.2) is 4.98 Å². The van der Waals surface area contributed by atoms with Gasteiger partial charge < -0.3 is 0 Å². The molecule has 0 fully saturated rings. The van der Waals surface area contributed by atoms with E-state index in [1.807, 2.05) is 0 Å². The van der Waals surface area contributed by atoms with Crippen molar-refractivity contribution in [1.29, 1.82) is 0 Å². The maximum atomic E-state index is 14.1. The first-order valence-corrected chi connectivity index (χ1v) is 8.85. The molecule has 0 amide bonds. The molecule has 0 aliphatic carbocycles. The Morgan fingerprint density at radius 2 is 1.67 bits per heavy atom. The van der Waals surface area contributed by atoms with E-state index in [0.717, 1.165) is 12.3 Å². The van der Waals surface area contributed by atoms with Crippen molar-refractivity contribution in [1.82, 2.24) is 4.98 Å². The second-order valence-electron chi connectivity index (χ2n) is 4.28. The molecule has 0 aliphatic rings. The molecule has 1 aromatic heterocycles. The molecule has 1 heterocycles. The van der Waals surface area contributed by atoms with E-state index < -0.39 is 25.3 Å². The molecule has 0 spiro atoms. The Morgan fingerprint density at radius 1 is 1.05 bits per heavy atom. The van der Waals surface area contributed by atoms with Crippen LogP contribution in [0.5, 0.6) is 0 Å². The SMILES string of the molecule is FS(F)(F)(F)(/C=C(/Cl)c1ccccc1)c1ccc(Br)cn1. The number of benzene rings is 1. The fraction of sp³-hybridized carbons (Fsp3) is 0. The molecule has 2 aromatic rings. The molecule has 1 aromatic carbocycles. The lowest BCUT2D eigenvalue weighted by atomic mass is 10.2. The molecule has 0 atom stereocenters. The molecule has 2 rings (SSSR count). The Kier molecular flexibility index (Phi) is 3.67. The molecule has 114 valence electrons. The number of aromatic nitrogens is 1. The van der Waals surface area contributed by atoms with Crippen molar-refractivity contribution in [2.45, 2.75) is 5.03 Å². The summed E-state index contributed by atoms with van der Waals surface area (Å²) in [6.07, 6.45) is 0.887. The number of rotatable bonds is 3. The highest BCUT2D eigenvalue weighted by molar-refractivity contribution is 9.10. The predicted molar refractivity (Wildman–Crippen MR) is 82.5 cm³/mol. The van der Waals surface area contributed by atoms with Crippen LogP contribution in [0.25, 0.3) is 5.03 Å². The summed E-state index contributed by atoms with van der Waals surface area (Å²) in [5.41, 5.74) is 0.0758. The zero-order valence-electron chi connectivity index (χ0n) is 10.3. The summed E-state index contributed by atoms with van der Waals surface area (Å²) in [5, 5.41) is -2.78. The minimum atomic E-state index is -8.70. The third kappa shape index (κ3) is 3.78. The van der Waals surface area contributed by atoms with E-state index in [-0.39, 0.29) is 5.56 Å². The third-order valence-electron chi connectivity index (χ3n) is 2.53. The van der Waals surface area contributed by atoms with Crippen LogP contribution in [-0.4, -0.2) is 4.98 Å². The summed E-state index contributed by atoms with van der Waals surface area (Å²) in [6, 6.07) is 9.02. The van der Waals surface area contributed by atoms with Gasteiger partial charge in [-0.15, -0.1) is 15.5 Å². The fourth-order valence-corrected chi connectivity index (χ4v) is 3.75. The highest BCUT2D eigenvalue weighted by atomic mass is 79.9. The van der Waals surface area contributed by atoms with Gasteiger partial charge in [0.15, 0.2) is 5.03 Å². The van der Waals surface area contributed by atoms with Crippen LogP contribution in [0.3, 0.4) is 0 Å². The lowest BCUT2D eigenvalue weighted by Gasteiger charge is -2.46. The minimum absolute atomic E-state index is 0.0758. The average molecular weight is 403 g/mol. The van der Waals surface area contributed by atoms with Crippen LogP contribution in [0.1, 0.15) is 5.56 Å². The van der Waals surface area contributed by atoms with E-state index in [4.69, 9.17) is 11.6 Å². The molecule has 0 radical (unpaired) electrons. The summed E-state index contributed by atoms with van der Waals surface area (Å²) in [5.74, 6) is 0. The topological polar surface area (TPSA) is 12.9 Å². The standard InChI is InChI=1S/C13H9BrClF4NS/c14-11-6-7-13(20-8-11)21(16,17,18,19)9-12(15)10-4-2-1-3-5-10/h1-9H/b12-9+. The Bertz CT molecular complexity index is 697.